The number of aryl methyl sites for hydroxylation is 4. The lowest BCUT2D eigenvalue weighted by atomic mass is 10.0. The van der Waals surface area contributed by atoms with Gasteiger partial charge in [-0.25, -0.2) is 0 Å². The normalized spacial score (nSPS) is 12.0. The van der Waals surface area contributed by atoms with E-state index in [9.17, 15) is 4.79 Å². The molecule has 2 heteroatoms. The first-order valence-electron chi connectivity index (χ1n) is 7.88. The Morgan fingerprint density at radius 2 is 1.73 bits per heavy atom. The summed E-state index contributed by atoms with van der Waals surface area (Å²) in [7, 11) is 0. The van der Waals surface area contributed by atoms with Gasteiger partial charge >= 0.3 is 0 Å². The van der Waals surface area contributed by atoms with Gasteiger partial charge in [0.15, 0.2) is 0 Å². The zero-order valence-electron chi connectivity index (χ0n) is 13.9. The highest BCUT2D eigenvalue weighted by molar-refractivity contribution is 5.76. The maximum Gasteiger partial charge on any atom is 0.220 e. The number of nitrogens with one attached hydrogen (secondary N) is 1. The van der Waals surface area contributed by atoms with E-state index < -0.39 is 0 Å². The summed E-state index contributed by atoms with van der Waals surface area (Å²) in [6.45, 7) is 8.33. The lowest BCUT2D eigenvalue weighted by Gasteiger charge is -2.16. The Labute approximate surface area is 133 Å². The molecule has 116 valence electrons. The van der Waals surface area contributed by atoms with Gasteiger partial charge < -0.3 is 5.32 Å². The van der Waals surface area contributed by atoms with Crippen LogP contribution in [0.25, 0.3) is 0 Å². The minimum atomic E-state index is 0.0495. The van der Waals surface area contributed by atoms with Crippen LogP contribution in [0.4, 0.5) is 0 Å². The van der Waals surface area contributed by atoms with Gasteiger partial charge in [-0.05, 0) is 61.9 Å². The molecule has 1 amide bonds. The van der Waals surface area contributed by atoms with E-state index in [1.165, 1.54) is 27.8 Å². The van der Waals surface area contributed by atoms with E-state index in [1.54, 1.807) is 0 Å². The average molecular weight is 295 g/mol. The first-order valence-corrected chi connectivity index (χ1v) is 7.88. The third-order valence-corrected chi connectivity index (χ3v) is 4.24. The molecular formula is C20H25NO. The largest absolute Gasteiger partial charge is 0.350 e. The van der Waals surface area contributed by atoms with Crippen LogP contribution in [0.1, 0.15) is 47.2 Å². The Hall–Kier alpha value is -2.09. The highest BCUT2D eigenvalue weighted by Gasteiger charge is 2.11. The smallest absolute Gasteiger partial charge is 0.220 e. The average Bonchev–Trinajstić information content (AvgIpc) is 2.49. The fourth-order valence-electron chi connectivity index (χ4n) is 2.68. The first kappa shape index (κ1) is 16.3. The van der Waals surface area contributed by atoms with Crippen LogP contribution in [0.5, 0.6) is 0 Å². The van der Waals surface area contributed by atoms with E-state index in [2.05, 4.69) is 56.4 Å². The number of hydrogen-bond acceptors (Lipinski definition) is 1. The van der Waals surface area contributed by atoms with Gasteiger partial charge in [0.1, 0.15) is 0 Å². The third kappa shape index (κ3) is 4.20. The van der Waals surface area contributed by atoms with Crippen molar-refractivity contribution < 1.29 is 4.79 Å². The van der Waals surface area contributed by atoms with Crippen LogP contribution in [0.3, 0.4) is 0 Å². The lowest BCUT2D eigenvalue weighted by Crippen LogP contribution is -2.27. The van der Waals surface area contributed by atoms with Crippen LogP contribution < -0.4 is 5.32 Å². The summed E-state index contributed by atoms with van der Waals surface area (Å²) in [6, 6.07) is 14.6. The summed E-state index contributed by atoms with van der Waals surface area (Å²) in [5.41, 5.74) is 6.20. The molecule has 0 bridgehead atoms. The molecule has 2 aromatic carbocycles. The van der Waals surface area contributed by atoms with E-state index in [0.717, 1.165) is 6.42 Å². The van der Waals surface area contributed by atoms with Gasteiger partial charge in [-0.1, -0.05) is 42.5 Å². The molecule has 22 heavy (non-hydrogen) atoms. The van der Waals surface area contributed by atoms with E-state index in [0.29, 0.717) is 6.42 Å². The SMILES string of the molecule is Cc1ccc(CCC(=O)N[C@H](C)c2ccccc2C)cc1C. The molecule has 0 heterocycles. The first-order chi connectivity index (χ1) is 10.5. The second-order valence-corrected chi connectivity index (χ2v) is 6.06. The summed E-state index contributed by atoms with van der Waals surface area (Å²) in [5.74, 6) is 0.106. The van der Waals surface area contributed by atoms with Gasteiger partial charge in [-0.2, -0.15) is 0 Å². The minimum Gasteiger partial charge on any atom is -0.350 e. The van der Waals surface area contributed by atoms with Crippen molar-refractivity contribution in [2.75, 3.05) is 0 Å². The lowest BCUT2D eigenvalue weighted by molar-refractivity contribution is -0.121. The van der Waals surface area contributed by atoms with Crippen LogP contribution >= 0.6 is 0 Å². The maximum absolute atomic E-state index is 12.2. The van der Waals surface area contributed by atoms with Crippen LogP contribution in [-0.2, 0) is 11.2 Å². The van der Waals surface area contributed by atoms with Crippen molar-refractivity contribution in [3.63, 3.8) is 0 Å². The molecule has 2 aromatic rings. The maximum atomic E-state index is 12.2. The number of hydrogen-bond donors (Lipinski definition) is 1. The molecule has 0 aliphatic heterocycles. The topological polar surface area (TPSA) is 29.1 Å². The van der Waals surface area contributed by atoms with Gasteiger partial charge in [0.25, 0.3) is 0 Å². The zero-order valence-corrected chi connectivity index (χ0v) is 13.9. The summed E-state index contributed by atoms with van der Waals surface area (Å²) >= 11 is 0. The fourth-order valence-corrected chi connectivity index (χ4v) is 2.68. The number of carbonyl (C=O) groups excluding carboxylic acids is 1. The Morgan fingerprint density at radius 3 is 2.41 bits per heavy atom. The number of amides is 1. The summed E-state index contributed by atoms with van der Waals surface area (Å²) in [6.07, 6.45) is 1.31. The minimum absolute atomic E-state index is 0.0495. The number of rotatable bonds is 5. The molecular weight excluding hydrogens is 270 g/mol. The van der Waals surface area contributed by atoms with Crippen LogP contribution in [0.15, 0.2) is 42.5 Å². The van der Waals surface area contributed by atoms with Gasteiger partial charge in [0.2, 0.25) is 5.91 Å². The van der Waals surface area contributed by atoms with Gasteiger partial charge in [0, 0.05) is 6.42 Å². The molecule has 0 fully saturated rings. The van der Waals surface area contributed by atoms with E-state index in [4.69, 9.17) is 0 Å². The van der Waals surface area contributed by atoms with Crippen molar-refractivity contribution >= 4 is 5.91 Å². The molecule has 0 aromatic heterocycles. The molecule has 0 aliphatic carbocycles. The van der Waals surface area contributed by atoms with Gasteiger partial charge in [-0.15, -0.1) is 0 Å². The predicted octanol–water partition coefficient (Wildman–Crippen LogP) is 4.42. The molecule has 0 saturated carbocycles. The van der Waals surface area contributed by atoms with Crippen molar-refractivity contribution in [1.82, 2.24) is 5.32 Å². The van der Waals surface area contributed by atoms with Crippen LogP contribution in [0, 0.1) is 20.8 Å². The Morgan fingerprint density at radius 1 is 1.00 bits per heavy atom. The van der Waals surface area contributed by atoms with E-state index in [-0.39, 0.29) is 11.9 Å². The molecule has 1 atom stereocenters. The van der Waals surface area contributed by atoms with Crippen molar-refractivity contribution in [3.8, 4) is 0 Å². The number of benzene rings is 2. The van der Waals surface area contributed by atoms with Gasteiger partial charge in [-0.3, -0.25) is 4.79 Å². The molecule has 0 radical (unpaired) electrons. The van der Waals surface area contributed by atoms with E-state index in [1.807, 2.05) is 19.1 Å². The second-order valence-electron chi connectivity index (χ2n) is 6.06. The Kier molecular flexibility index (Phi) is 5.37. The van der Waals surface area contributed by atoms with Crippen molar-refractivity contribution in [2.45, 2.75) is 46.6 Å². The standard InChI is InChI=1S/C20H25NO/c1-14-9-10-18(13-16(14)3)11-12-20(22)21-17(4)19-8-6-5-7-15(19)2/h5-10,13,17H,11-12H2,1-4H3,(H,21,22)/t17-/m1/s1. The van der Waals surface area contributed by atoms with Crippen molar-refractivity contribution in [2.24, 2.45) is 0 Å². The highest BCUT2D eigenvalue weighted by atomic mass is 16.1. The van der Waals surface area contributed by atoms with Crippen LogP contribution in [-0.4, -0.2) is 5.91 Å². The predicted molar refractivity (Wildman–Crippen MR) is 92.0 cm³/mol. The molecule has 0 spiro atoms. The Balaban J connectivity index is 1.90. The fraction of sp³-hybridized carbons (Fsp3) is 0.350. The van der Waals surface area contributed by atoms with Crippen molar-refractivity contribution in [1.29, 1.82) is 0 Å². The quantitative estimate of drug-likeness (QED) is 0.869. The molecule has 1 N–H and O–H groups in total. The van der Waals surface area contributed by atoms with Gasteiger partial charge in [0.05, 0.1) is 6.04 Å². The molecule has 2 rings (SSSR count). The monoisotopic (exact) mass is 295 g/mol. The summed E-state index contributed by atoms with van der Waals surface area (Å²) in [4.78, 5) is 12.2. The highest BCUT2D eigenvalue weighted by Crippen LogP contribution is 2.17. The van der Waals surface area contributed by atoms with Crippen molar-refractivity contribution in [3.05, 3.63) is 70.3 Å². The molecule has 0 saturated heterocycles. The third-order valence-electron chi connectivity index (χ3n) is 4.24. The molecule has 2 nitrogen and oxygen atoms in total. The molecule has 0 aliphatic rings. The second kappa shape index (κ2) is 7.26. The molecule has 0 unspecified atom stereocenters. The van der Waals surface area contributed by atoms with Crippen LogP contribution in [0.2, 0.25) is 0 Å². The number of carbonyl (C=O) groups is 1. The summed E-state index contributed by atoms with van der Waals surface area (Å²) < 4.78 is 0. The summed E-state index contributed by atoms with van der Waals surface area (Å²) in [5, 5.41) is 3.09. The van der Waals surface area contributed by atoms with E-state index >= 15 is 0 Å². The zero-order chi connectivity index (χ0) is 16.1. The Bertz CT molecular complexity index is 661.